The van der Waals surface area contributed by atoms with Crippen LogP contribution in [-0.4, -0.2) is 61.3 Å². The Labute approximate surface area is 123 Å². The summed E-state index contributed by atoms with van der Waals surface area (Å²) in [7, 11) is 1.66. The molecule has 0 N–H and O–H groups in total. The topological polar surface area (TPSA) is 60.9 Å². The van der Waals surface area contributed by atoms with E-state index < -0.39 is 0 Å². The zero-order valence-corrected chi connectivity index (χ0v) is 12.1. The molecule has 112 valence electrons. The maximum atomic E-state index is 12.1. The van der Waals surface area contributed by atoms with Crippen molar-refractivity contribution in [2.75, 3.05) is 38.1 Å². The highest BCUT2D eigenvalue weighted by Crippen LogP contribution is 2.13. The summed E-state index contributed by atoms with van der Waals surface area (Å²) in [6.45, 7) is 2.02. The van der Waals surface area contributed by atoms with E-state index in [1.54, 1.807) is 16.8 Å². The fourth-order valence-corrected chi connectivity index (χ4v) is 2.23. The minimum absolute atomic E-state index is 0.146. The van der Waals surface area contributed by atoms with Crippen molar-refractivity contribution >= 4 is 23.9 Å². The van der Waals surface area contributed by atoms with Gasteiger partial charge in [-0.3, -0.25) is 14.4 Å². The van der Waals surface area contributed by atoms with E-state index in [0.717, 1.165) is 12.1 Å². The molecule has 1 saturated heterocycles. The third-order valence-electron chi connectivity index (χ3n) is 3.64. The molecule has 3 amide bonds. The molecule has 6 heteroatoms. The summed E-state index contributed by atoms with van der Waals surface area (Å²) >= 11 is 0. The Bertz CT molecular complexity index is 510. The normalized spacial score (nSPS) is 14.7. The van der Waals surface area contributed by atoms with Gasteiger partial charge in [-0.15, -0.1) is 0 Å². The van der Waals surface area contributed by atoms with Crippen LogP contribution in [0, 0.1) is 0 Å². The van der Waals surface area contributed by atoms with Crippen LogP contribution in [0.4, 0.5) is 5.69 Å². The minimum atomic E-state index is -0.232. The fourth-order valence-electron chi connectivity index (χ4n) is 2.23. The summed E-state index contributed by atoms with van der Waals surface area (Å²) in [6, 6.07) is 9.22. The highest BCUT2D eigenvalue weighted by molar-refractivity contribution is 6.04. The molecule has 0 unspecified atom stereocenters. The first-order chi connectivity index (χ1) is 10.1. The number of benzene rings is 1. The van der Waals surface area contributed by atoms with Gasteiger partial charge in [0.25, 0.3) is 0 Å². The van der Waals surface area contributed by atoms with Crippen LogP contribution in [0.15, 0.2) is 30.3 Å². The molecule has 0 bridgehead atoms. The summed E-state index contributed by atoms with van der Waals surface area (Å²) in [4.78, 5) is 39.6. The van der Waals surface area contributed by atoms with Gasteiger partial charge in [0.05, 0.1) is 0 Å². The predicted molar refractivity (Wildman–Crippen MR) is 78.7 cm³/mol. The van der Waals surface area contributed by atoms with Crippen molar-refractivity contribution in [2.24, 2.45) is 0 Å². The first kappa shape index (κ1) is 15.0. The monoisotopic (exact) mass is 289 g/mol. The second-order valence-corrected chi connectivity index (χ2v) is 4.99. The summed E-state index contributed by atoms with van der Waals surface area (Å²) in [5.74, 6) is -0.419. The summed E-state index contributed by atoms with van der Waals surface area (Å²) in [5.41, 5.74) is 0.765. The molecule has 21 heavy (non-hydrogen) atoms. The zero-order valence-electron chi connectivity index (χ0n) is 12.1. The van der Waals surface area contributed by atoms with Crippen LogP contribution >= 0.6 is 0 Å². The lowest BCUT2D eigenvalue weighted by Gasteiger charge is -2.32. The van der Waals surface area contributed by atoms with Crippen LogP contribution in [0.1, 0.15) is 6.42 Å². The van der Waals surface area contributed by atoms with Crippen LogP contribution in [0.2, 0.25) is 0 Å². The first-order valence-electron chi connectivity index (χ1n) is 6.90. The Morgan fingerprint density at radius 1 is 1.14 bits per heavy atom. The van der Waals surface area contributed by atoms with E-state index in [1.807, 2.05) is 30.3 Å². The Kier molecular flexibility index (Phi) is 4.92. The van der Waals surface area contributed by atoms with Crippen molar-refractivity contribution in [2.45, 2.75) is 6.42 Å². The summed E-state index contributed by atoms with van der Waals surface area (Å²) in [6.07, 6.45) is 0.642. The van der Waals surface area contributed by atoms with E-state index in [2.05, 4.69) is 0 Å². The van der Waals surface area contributed by atoms with Crippen LogP contribution in [0.3, 0.4) is 0 Å². The SMILES string of the molecule is CN(C(=O)CC(=O)N1CCN(C=O)CC1)c1ccccc1. The molecule has 1 heterocycles. The number of carbonyl (C=O) groups excluding carboxylic acids is 3. The zero-order chi connectivity index (χ0) is 15.2. The second kappa shape index (κ2) is 6.88. The molecule has 1 aromatic rings. The number of hydrogen-bond donors (Lipinski definition) is 0. The first-order valence-corrected chi connectivity index (χ1v) is 6.90. The standard InChI is InChI=1S/C15H19N3O3/c1-16(13-5-3-2-4-6-13)14(20)11-15(21)18-9-7-17(12-19)8-10-18/h2-6,12H,7-11H2,1H3. The maximum absolute atomic E-state index is 12.1. The van der Waals surface area contributed by atoms with Gasteiger partial charge < -0.3 is 14.7 Å². The van der Waals surface area contributed by atoms with Crippen molar-refractivity contribution in [3.63, 3.8) is 0 Å². The van der Waals surface area contributed by atoms with Gasteiger partial charge in [-0.25, -0.2) is 0 Å². The number of nitrogens with zero attached hydrogens (tertiary/aromatic N) is 3. The largest absolute Gasteiger partial charge is 0.342 e. The molecule has 0 aliphatic carbocycles. The van der Waals surface area contributed by atoms with Gasteiger partial charge in [-0.05, 0) is 12.1 Å². The van der Waals surface area contributed by atoms with E-state index in [4.69, 9.17) is 0 Å². The average molecular weight is 289 g/mol. The summed E-state index contributed by atoms with van der Waals surface area (Å²) in [5, 5.41) is 0. The molecule has 0 radical (unpaired) electrons. The van der Waals surface area contributed by atoms with E-state index in [9.17, 15) is 14.4 Å². The smallest absolute Gasteiger partial charge is 0.236 e. The molecule has 1 fully saturated rings. The average Bonchev–Trinajstić information content (AvgIpc) is 2.55. The Morgan fingerprint density at radius 3 is 2.33 bits per heavy atom. The second-order valence-electron chi connectivity index (χ2n) is 4.99. The van der Waals surface area contributed by atoms with Gasteiger partial charge in [0, 0.05) is 38.9 Å². The molecule has 1 aromatic carbocycles. The molecular weight excluding hydrogens is 270 g/mol. The highest BCUT2D eigenvalue weighted by atomic mass is 16.2. The lowest BCUT2D eigenvalue weighted by molar-refractivity contribution is -0.138. The lowest BCUT2D eigenvalue weighted by atomic mass is 10.2. The number of para-hydroxylation sites is 1. The van der Waals surface area contributed by atoms with Crippen molar-refractivity contribution in [3.05, 3.63) is 30.3 Å². The van der Waals surface area contributed by atoms with E-state index in [1.165, 1.54) is 4.90 Å². The Hall–Kier alpha value is -2.37. The Morgan fingerprint density at radius 2 is 1.76 bits per heavy atom. The van der Waals surface area contributed by atoms with Crippen LogP contribution in [0.25, 0.3) is 0 Å². The molecule has 0 aromatic heterocycles. The van der Waals surface area contributed by atoms with Crippen LogP contribution < -0.4 is 4.90 Å². The quantitative estimate of drug-likeness (QED) is 0.593. The molecule has 2 rings (SSSR count). The van der Waals surface area contributed by atoms with Gasteiger partial charge in [-0.2, -0.15) is 0 Å². The number of amides is 3. The van der Waals surface area contributed by atoms with Crippen molar-refractivity contribution < 1.29 is 14.4 Å². The molecule has 1 aliphatic rings. The maximum Gasteiger partial charge on any atom is 0.236 e. The third kappa shape index (κ3) is 3.81. The van der Waals surface area contributed by atoms with Crippen LogP contribution in [-0.2, 0) is 14.4 Å². The van der Waals surface area contributed by atoms with Gasteiger partial charge >= 0.3 is 0 Å². The summed E-state index contributed by atoms with van der Waals surface area (Å²) < 4.78 is 0. The van der Waals surface area contributed by atoms with E-state index in [0.29, 0.717) is 26.2 Å². The van der Waals surface area contributed by atoms with E-state index in [-0.39, 0.29) is 18.2 Å². The number of hydrogen-bond acceptors (Lipinski definition) is 3. The Balaban J connectivity index is 1.88. The van der Waals surface area contributed by atoms with Crippen molar-refractivity contribution in [1.29, 1.82) is 0 Å². The lowest BCUT2D eigenvalue weighted by Crippen LogP contribution is -2.49. The number of piperazine rings is 1. The van der Waals surface area contributed by atoms with Crippen molar-refractivity contribution in [3.8, 4) is 0 Å². The fraction of sp³-hybridized carbons (Fsp3) is 0.400. The molecule has 0 saturated carbocycles. The van der Waals surface area contributed by atoms with E-state index >= 15 is 0 Å². The molecule has 0 atom stereocenters. The van der Waals surface area contributed by atoms with Gasteiger partial charge in [0.1, 0.15) is 6.42 Å². The van der Waals surface area contributed by atoms with Gasteiger partial charge in [0.2, 0.25) is 18.2 Å². The van der Waals surface area contributed by atoms with Gasteiger partial charge in [0.15, 0.2) is 0 Å². The number of anilines is 1. The van der Waals surface area contributed by atoms with Crippen molar-refractivity contribution in [1.82, 2.24) is 9.80 Å². The molecule has 0 spiro atoms. The molecular formula is C15H19N3O3. The molecule has 1 aliphatic heterocycles. The number of rotatable bonds is 4. The van der Waals surface area contributed by atoms with Crippen LogP contribution in [0.5, 0.6) is 0 Å². The molecule has 6 nitrogen and oxygen atoms in total. The third-order valence-corrected chi connectivity index (χ3v) is 3.64. The number of carbonyl (C=O) groups is 3. The highest BCUT2D eigenvalue weighted by Gasteiger charge is 2.23. The van der Waals surface area contributed by atoms with Gasteiger partial charge in [-0.1, -0.05) is 18.2 Å². The predicted octanol–water partition coefficient (Wildman–Crippen LogP) is 0.340. The minimum Gasteiger partial charge on any atom is -0.342 e.